The van der Waals surface area contributed by atoms with E-state index in [1.807, 2.05) is 0 Å². The van der Waals surface area contributed by atoms with E-state index in [4.69, 9.17) is 4.74 Å². The van der Waals surface area contributed by atoms with Gasteiger partial charge < -0.3 is 4.74 Å². The van der Waals surface area contributed by atoms with Crippen LogP contribution < -0.4 is 0 Å². The zero-order valence-electron chi connectivity index (χ0n) is 9.26. The summed E-state index contributed by atoms with van der Waals surface area (Å²) in [4.78, 5) is 10.5. The second-order valence-electron chi connectivity index (χ2n) is 3.20. The summed E-state index contributed by atoms with van der Waals surface area (Å²) < 4.78 is 30.9. The fourth-order valence-corrected chi connectivity index (χ4v) is 1.54. The molecule has 0 aromatic heterocycles. The van der Waals surface area contributed by atoms with Gasteiger partial charge in [-0.3, -0.25) is 8.98 Å². The van der Waals surface area contributed by atoms with Crippen LogP contribution in [0.5, 0.6) is 0 Å². The fourth-order valence-electron chi connectivity index (χ4n) is 0.922. The summed E-state index contributed by atoms with van der Waals surface area (Å²) in [7, 11) is -3.45. The monoisotopic (exact) mass is 236 g/mol. The lowest BCUT2D eigenvalue weighted by Crippen LogP contribution is -2.13. The molecule has 0 aliphatic heterocycles. The van der Waals surface area contributed by atoms with Gasteiger partial charge in [-0.2, -0.15) is 8.42 Å². The van der Waals surface area contributed by atoms with E-state index in [2.05, 4.69) is 4.18 Å². The number of rotatable bonds is 5. The average Bonchev–Trinajstić information content (AvgIpc) is 1.96. The summed E-state index contributed by atoms with van der Waals surface area (Å²) in [5, 5.41) is 0. The second kappa shape index (κ2) is 5.87. The van der Waals surface area contributed by atoms with Crippen molar-refractivity contribution in [3.63, 3.8) is 0 Å². The minimum absolute atomic E-state index is 0.385. The standard InChI is InChI=1S/C9H16O5S/c1-7(13-9(3)10)5-6-8(2)14-15(4,11)12/h5-8H,1-4H3. The summed E-state index contributed by atoms with van der Waals surface area (Å²) in [6, 6.07) is 0. The predicted molar refractivity (Wildman–Crippen MR) is 55.8 cm³/mol. The molecular weight excluding hydrogens is 220 g/mol. The van der Waals surface area contributed by atoms with E-state index in [0.29, 0.717) is 0 Å². The molecule has 0 amide bonds. The van der Waals surface area contributed by atoms with Crippen LogP contribution in [0.4, 0.5) is 0 Å². The molecule has 0 saturated carbocycles. The van der Waals surface area contributed by atoms with Crippen LogP contribution in [0.1, 0.15) is 20.8 Å². The summed E-state index contributed by atoms with van der Waals surface area (Å²) in [5.74, 6) is -0.385. The van der Waals surface area contributed by atoms with Crippen molar-refractivity contribution in [2.24, 2.45) is 0 Å². The molecule has 2 atom stereocenters. The van der Waals surface area contributed by atoms with Crippen molar-refractivity contribution in [2.75, 3.05) is 6.26 Å². The van der Waals surface area contributed by atoms with Gasteiger partial charge in [-0.15, -0.1) is 0 Å². The van der Waals surface area contributed by atoms with Crippen LogP contribution in [0.3, 0.4) is 0 Å². The molecule has 0 rings (SSSR count). The number of esters is 1. The SMILES string of the molecule is CC(=O)OC(C)C=CC(C)OS(C)(=O)=O. The lowest BCUT2D eigenvalue weighted by molar-refractivity contribution is -0.143. The van der Waals surface area contributed by atoms with Crippen molar-refractivity contribution in [1.82, 2.24) is 0 Å². The topological polar surface area (TPSA) is 69.7 Å². The van der Waals surface area contributed by atoms with Gasteiger partial charge >= 0.3 is 5.97 Å². The molecule has 0 N–H and O–H groups in total. The molecule has 15 heavy (non-hydrogen) atoms. The molecule has 0 bridgehead atoms. The highest BCUT2D eigenvalue weighted by atomic mass is 32.2. The van der Waals surface area contributed by atoms with Gasteiger partial charge in [-0.1, -0.05) is 6.08 Å². The molecule has 0 aliphatic rings. The third-order valence-corrected chi connectivity index (χ3v) is 1.98. The summed E-state index contributed by atoms with van der Waals surface area (Å²) >= 11 is 0. The number of ether oxygens (including phenoxy) is 1. The van der Waals surface area contributed by atoms with Crippen molar-refractivity contribution in [3.05, 3.63) is 12.2 Å². The summed E-state index contributed by atoms with van der Waals surface area (Å²) in [6.45, 7) is 4.56. The highest BCUT2D eigenvalue weighted by Gasteiger charge is 2.07. The van der Waals surface area contributed by atoms with E-state index >= 15 is 0 Å². The fraction of sp³-hybridized carbons (Fsp3) is 0.667. The molecule has 0 aromatic rings. The highest BCUT2D eigenvalue weighted by molar-refractivity contribution is 7.86. The van der Waals surface area contributed by atoms with Crippen LogP contribution in [0, 0.1) is 0 Å². The number of hydrogen-bond donors (Lipinski definition) is 0. The van der Waals surface area contributed by atoms with Gasteiger partial charge in [-0.05, 0) is 19.9 Å². The van der Waals surface area contributed by atoms with Gasteiger partial charge in [-0.25, -0.2) is 0 Å². The Hall–Kier alpha value is -0.880. The van der Waals surface area contributed by atoms with Gasteiger partial charge in [0.1, 0.15) is 6.10 Å². The highest BCUT2D eigenvalue weighted by Crippen LogP contribution is 2.01. The minimum atomic E-state index is -3.45. The largest absolute Gasteiger partial charge is 0.459 e. The maximum absolute atomic E-state index is 10.7. The van der Waals surface area contributed by atoms with Crippen molar-refractivity contribution in [1.29, 1.82) is 0 Å². The molecular formula is C9H16O5S. The Kier molecular flexibility index (Phi) is 5.53. The van der Waals surface area contributed by atoms with E-state index in [1.165, 1.54) is 13.0 Å². The third kappa shape index (κ3) is 9.42. The van der Waals surface area contributed by atoms with Crippen molar-refractivity contribution < 1.29 is 22.1 Å². The van der Waals surface area contributed by atoms with Crippen LogP contribution in [0.25, 0.3) is 0 Å². The van der Waals surface area contributed by atoms with Crippen LogP contribution in [0.15, 0.2) is 12.2 Å². The van der Waals surface area contributed by atoms with Gasteiger partial charge in [0, 0.05) is 6.92 Å². The Morgan fingerprint density at radius 1 is 1.20 bits per heavy atom. The quantitative estimate of drug-likeness (QED) is 0.402. The first kappa shape index (κ1) is 14.1. The first-order valence-corrected chi connectivity index (χ1v) is 6.26. The number of hydrogen-bond acceptors (Lipinski definition) is 5. The number of carbonyl (C=O) groups excluding carboxylic acids is 1. The van der Waals surface area contributed by atoms with E-state index in [-0.39, 0.29) is 5.97 Å². The average molecular weight is 236 g/mol. The third-order valence-electron chi connectivity index (χ3n) is 1.33. The molecule has 5 nitrogen and oxygen atoms in total. The Balaban J connectivity index is 4.11. The lowest BCUT2D eigenvalue weighted by atomic mass is 10.3. The molecule has 0 aliphatic carbocycles. The van der Waals surface area contributed by atoms with Crippen molar-refractivity contribution in [3.8, 4) is 0 Å². The molecule has 88 valence electrons. The molecule has 6 heteroatoms. The maximum Gasteiger partial charge on any atom is 0.303 e. The molecule has 0 saturated heterocycles. The Bertz CT molecular complexity index is 330. The molecule has 0 radical (unpaired) electrons. The summed E-state index contributed by atoms with van der Waals surface area (Å²) in [5.41, 5.74) is 0. The predicted octanol–water partition coefficient (Wildman–Crippen LogP) is 0.859. The van der Waals surface area contributed by atoms with Gasteiger partial charge in [0.2, 0.25) is 0 Å². The Morgan fingerprint density at radius 3 is 2.07 bits per heavy atom. The molecule has 0 heterocycles. The van der Waals surface area contributed by atoms with E-state index < -0.39 is 22.3 Å². The number of carbonyl (C=O) groups is 1. The normalized spacial score (nSPS) is 16.3. The smallest absolute Gasteiger partial charge is 0.303 e. The minimum Gasteiger partial charge on any atom is -0.459 e. The molecule has 2 unspecified atom stereocenters. The van der Waals surface area contributed by atoms with E-state index in [0.717, 1.165) is 6.26 Å². The second-order valence-corrected chi connectivity index (χ2v) is 4.81. The Labute approximate surface area is 90.2 Å². The van der Waals surface area contributed by atoms with Crippen LogP contribution in [-0.2, 0) is 23.8 Å². The van der Waals surface area contributed by atoms with E-state index in [9.17, 15) is 13.2 Å². The van der Waals surface area contributed by atoms with Crippen molar-refractivity contribution >= 4 is 16.1 Å². The van der Waals surface area contributed by atoms with E-state index in [1.54, 1.807) is 19.9 Å². The molecule has 0 aromatic carbocycles. The lowest BCUT2D eigenvalue weighted by Gasteiger charge is -2.08. The Morgan fingerprint density at radius 2 is 1.67 bits per heavy atom. The molecule has 0 spiro atoms. The maximum atomic E-state index is 10.7. The van der Waals surface area contributed by atoms with Gasteiger partial charge in [0.25, 0.3) is 10.1 Å². The molecule has 0 fully saturated rings. The van der Waals surface area contributed by atoms with Crippen molar-refractivity contribution in [2.45, 2.75) is 33.0 Å². The zero-order chi connectivity index (χ0) is 12.1. The van der Waals surface area contributed by atoms with Crippen LogP contribution >= 0.6 is 0 Å². The first-order valence-electron chi connectivity index (χ1n) is 4.44. The van der Waals surface area contributed by atoms with Crippen LogP contribution in [0.2, 0.25) is 0 Å². The van der Waals surface area contributed by atoms with Gasteiger partial charge in [0.15, 0.2) is 0 Å². The zero-order valence-corrected chi connectivity index (χ0v) is 10.1. The van der Waals surface area contributed by atoms with Crippen LogP contribution in [-0.4, -0.2) is 32.9 Å². The first-order chi connectivity index (χ1) is 6.70. The van der Waals surface area contributed by atoms with Gasteiger partial charge in [0.05, 0.1) is 12.4 Å². The summed E-state index contributed by atoms with van der Waals surface area (Å²) in [6.07, 6.45) is 3.10.